The van der Waals surface area contributed by atoms with Crippen LogP contribution in [0.4, 0.5) is 0 Å². The molecule has 0 aromatic carbocycles. The van der Waals surface area contributed by atoms with Crippen molar-refractivity contribution in [3.8, 4) is 0 Å². The maximum Gasteiger partial charge on any atom is 0.151 e. The van der Waals surface area contributed by atoms with E-state index in [2.05, 4.69) is 23.7 Å². The Labute approximate surface area is 108 Å². The van der Waals surface area contributed by atoms with Crippen molar-refractivity contribution in [2.75, 3.05) is 18.1 Å². The van der Waals surface area contributed by atoms with Crippen LogP contribution in [-0.4, -0.2) is 26.5 Å². The molecule has 0 saturated heterocycles. The highest BCUT2D eigenvalue weighted by atomic mass is 32.2. The van der Waals surface area contributed by atoms with Crippen molar-refractivity contribution in [3.05, 3.63) is 21.9 Å². The Morgan fingerprint density at radius 2 is 2.06 bits per heavy atom. The first-order valence-corrected chi connectivity index (χ1v) is 8.75. The highest BCUT2D eigenvalue weighted by Gasteiger charge is 2.08. The largest absolute Gasteiger partial charge is 0.311 e. The first-order valence-electron chi connectivity index (χ1n) is 6.05. The van der Waals surface area contributed by atoms with Crippen LogP contribution in [0.25, 0.3) is 0 Å². The van der Waals surface area contributed by atoms with Crippen molar-refractivity contribution in [3.63, 3.8) is 0 Å². The summed E-state index contributed by atoms with van der Waals surface area (Å²) in [4.78, 5) is 1.32. The first kappa shape index (κ1) is 14.7. The summed E-state index contributed by atoms with van der Waals surface area (Å²) in [6.07, 6.45) is 1.74. The van der Waals surface area contributed by atoms with Gasteiger partial charge in [-0.2, -0.15) is 0 Å². The Morgan fingerprint density at radius 3 is 2.71 bits per heavy atom. The van der Waals surface area contributed by atoms with E-state index in [1.54, 1.807) is 11.3 Å². The van der Waals surface area contributed by atoms with E-state index in [-0.39, 0.29) is 5.75 Å². The van der Waals surface area contributed by atoms with Gasteiger partial charge in [0.25, 0.3) is 0 Å². The van der Waals surface area contributed by atoms with E-state index in [4.69, 9.17) is 0 Å². The molecule has 17 heavy (non-hydrogen) atoms. The van der Waals surface area contributed by atoms with Crippen LogP contribution in [0.2, 0.25) is 0 Å². The predicted molar refractivity (Wildman–Crippen MR) is 74.3 cm³/mol. The summed E-state index contributed by atoms with van der Waals surface area (Å²) in [5, 5.41) is 5.30. The molecule has 1 rings (SSSR count). The first-order chi connectivity index (χ1) is 8.09. The molecule has 1 N–H and O–H groups in total. The van der Waals surface area contributed by atoms with Crippen LogP contribution in [0.5, 0.6) is 0 Å². The third-order valence-corrected chi connectivity index (χ3v) is 5.43. The molecule has 0 atom stereocenters. The molecule has 1 heterocycles. The van der Waals surface area contributed by atoms with Gasteiger partial charge in [0.05, 0.1) is 5.75 Å². The monoisotopic (exact) mass is 275 g/mol. The number of rotatable bonds is 8. The van der Waals surface area contributed by atoms with Crippen LogP contribution in [-0.2, 0) is 22.8 Å². The van der Waals surface area contributed by atoms with Crippen molar-refractivity contribution >= 4 is 21.2 Å². The lowest BCUT2D eigenvalue weighted by Gasteiger charge is -2.05. The topological polar surface area (TPSA) is 46.2 Å². The standard InChI is InChI=1S/C12H21NO2S2/c1-3-8-17(14,15)9-6-13-10-12-11(4-2)5-7-16-12/h5,7,13H,3-4,6,8-10H2,1-2H3. The van der Waals surface area contributed by atoms with E-state index >= 15 is 0 Å². The highest BCUT2D eigenvalue weighted by Crippen LogP contribution is 2.16. The van der Waals surface area contributed by atoms with Gasteiger partial charge in [-0.15, -0.1) is 11.3 Å². The van der Waals surface area contributed by atoms with Crippen LogP contribution in [0.3, 0.4) is 0 Å². The lowest BCUT2D eigenvalue weighted by molar-refractivity contribution is 0.589. The van der Waals surface area contributed by atoms with Crippen LogP contribution >= 0.6 is 11.3 Å². The normalized spacial score (nSPS) is 11.9. The van der Waals surface area contributed by atoms with Gasteiger partial charge in [0, 0.05) is 23.7 Å². The van der Waals surface area contributed by atoms with Gasteiger partial charge in [-0.3, -0.25) is 0 Å². The zero-order valence-electron chi connectivity index (χ0n) is 10.5. The molecule has 0 saturated carbocycles. The van der Waals surface area contributed by atoms with Crippen LogP contribution < -0.4 is 5.32 Å². The molecule has 98 valence electrons. The fourth-order valence-electron chi connectivity index (χ4n) is 1.68. The average Bonchev–Trinajstić information content (AvgIpc) is 2.71. The molecule has 1 aromatic rings. The van der Waals surface area contributed by atoms with E-state index < -0.39 is 9.84 Å². The molecule has 0 aliphatic heterocycles. The minimum atomic E-state index is -2.85. The molecule has 0 aliphatic carbocycles. The second-order valence-corrected chi connectivity index (χ2v) is 7.36. The second kappa shape index (κ2) is 7.13. The van der Waals surface area contributed by atoms with Crippen molar-refractivity contribution < 1.29 is 8.42 Å². The summed E-state index contributed by atoms with van der Waals surface area (Å²) in [6.45, 7) is 5.35. The van der Waals surface area contributed by atoms with Crippen molar-refractivity contribution in [2.45, 2.75) is 33.2 Å². The maximum atomic E-state index is 11.5. The van der Waals surface area contributed by atoms with Crippen molar-refractivity contribution in [2.24, 2.45) is 0 Å². The molecular weight excluding hydrogens is 254 g/mol. The lowest BCUT2D eigenvalue weighted by Crippen LogP contribution is -2.24. The predicted octanol–water partition coefficient (Wildman–Crippen LogP) is 2.22. The Kier molecular flexibility index (Phi) is 6.16. The summed E-state index contributed by atoms with van der Waals surface area (Å²) in [6, 6.07) is 2.13. The van der Waals surface area contributed by atoms with Gasteiger partial charge < -0.3 is 5.32 Å². The van der Waals surface area contributed by atoms with Gasteiger partial charge in [-0.05, 0) is 29.9 Å². The molecule has 0 bridgehead atoms. The minimum absolute atomic E-state index is 0.244. The number of hydrogen-bond acceptors (Lipinski definition) is 4. The van der Waals surface area contributed by atoms with Crippen LogP contribution in [0.15, 0.2) is 11.4 Å². The van der Waals surface area contributed by atoms with E-state index in [9.17, 15) is 8.42 Å². The summed E-state index contributed by atoms with van der Waals surface area (Å²) in [5.41, 5.74) is 1.36. The van der Waals surface area contributed by atoms with Crippen LogP contribution in [0.1, 0.15) is 30.7 Å². The van der Waals surface area contributed by atoms with Crippen molar-refractivity contribution in [1.82, 2.24) is 5.32 Å². The quantitative estimate of drug-likeness (QED) is 0.740. The molecule has 1 aromatic heterocycles. The van der Waals surface area contributed by atoms with Gasteiger partial charge in [0.2, 0.25) is 0 Å². The smallest absolute Gasteiger partial charge is 0.151 e. The molecule has 0 spiro atoms. The Hall–Kier alpha value is -0.390. The van der Waals surface area contributed by atoms with Gasteiger partial charge >= 0.3 is 0 Å². The molecular formula is C12H21NO2S2. The van der Waals surface area contributed by atoms with E-state index in [0.29, 0.717) is 18.7 Å². The summed E-state index contributed by atoms with van der Waals surface area (Å²) < 4.78 is 23.0. The molecule has 0 fully saturated rings. The zero-order chi connectivity index (χ0) is 12.7. The molecule has 3 nitrogen and oxygen atoms in total. The Bertz CT molecular complexity index is 423. The molecule has 0 amide bonds. The van der Waals surface area contributed by atoms with Crippen LogP contribution in [0, 0.1) is 0 Å². The highest BCUT2D eigenvalue weighted by molar-refractivity contribution is 7.91. The number of aryl methyl sites for hydroxylation is 1. The van der Waals surface area contributed by atoms with E-state index in [0.717, 1.165) is 13.0 Å². The molecule has 0 radical (unpaired) electrons. The third kappa shape index (κ3) is 5.19. The Balaban J connectivity index is 2.29. The summed E-state index contributed by atoms with van der Waals surface area (Å²) in [7, 11) is -2.85. The van der Waals surface area contributed by atoms with Gasteiger partial charge in [-0.25, -0.2) is 8.42 Å². The molecule has 0 unspecified atom stereocenters. The summed E-state index contributed by atoms with van der Waals surface area (Å²) in [5.74, 6) is 0.543. The second-order valence-electron chi connectivity index (χ2n) is 4.05. The SMILES string of the molecule is CCCS(=O)(=O)CCNCc1sccc1CC. The number of hydrogen-bond donors (Lipinski definition) is 1. The minimum Gasteiger partial charge on any atom is -0.311 e. The fraction of sp³-hybridized carbons (Fsp3) is 0.667. The molecule has 0 aliphatic rings. The molecule has 5 heteroatoms. The number of nitrogens with one attached hydrogen (secondary N) is 1. The Morgan fingerprint density at radius 1 is 1.29 bits per heavy atom. The van der Waals surface area contributed by atoms with Crippen molar-refractivity contribution in [1.29, 1.82) is 0 Å². The van der Waals surface area contributed by atoms with Gasteiger partial charge in [0.15, 0.2) is 9.84 Å². The fourth-order valence-corrected chi connectivity index (χ4v) is 3.91. The average molecular weight is 275 g/mol. The maximum absolute atomic E-state index is 11.5. The zero-order valence-corrected chi connectivity index (χ0v) is 12.2. The summed E-state index contributed by atoms with van der Waals surface area (Å²) >= 11 is 1.73. The van der Waals surface area contributed by atoms with E-state index in [1.165, 1.54) is 10.4 Å². The number of sulfone groups is 1. The third-order valence-electron chi connectivity index (χ3n) is 2.61. The van der Waals surface area contributed by atoms with E-state index in [1.807, 2.05) is 6.92 Å². The van der Waals surface area contributed by atoms with Gasteiger partial charge in [0.1, 0.15) is 0 Å². The van der Waals surface area contributed by atoms with Gasteiger partial charge in [-0.1, -0.05) is 13.8 Å². The number of thiophene rings is 1. The lowest BCUT2D eigenvalue weighted by atomic mass is 10.2.